The van der Waals surface area contributed by atoms with Crippen LogP contribution in [0.4, 0.5) is 11.4 Å². The van der Waals surface area contributed by atoms with Crippen molar-refractivity contribution in [3.8, 4) is 0 Å². The molecule has 0 atom stereocenters. The van der Waals surface area contributed by atoms with Gasteiger partial charge < -0.3 is 9.80 Å². The Morgan fingerprint density at radius 1 is 1.04 bits per heavy atom. The van der Waals surface area contributed by atoms with E-state index in [1.165, 1.54) is 6.92 Å². The first-order chi connectivity index (χ1) is 12.3. The molecule has 2 rings (SSSR count). The Bertz CT molecular complexity index is 804. The van der Waals surface area contributed by atoms with E-state index in [2.05, 4.69) is 0 Å². The van der Waals surface area contributed by atoms with E-state index in [0.717, 1.165) is 22.5 Å². The third-order valence-corrected chi connectivity index (χ3v) is 4.54. The van der Waals surface area contributed by atoms with Gasteiger partial charge in [0.15, 0.2) is 0 Å². The van der Waals surface area contributed by atoms with E-state index >= 15 is 0 Å². The van der Waals surface area contributed by atoms with Crippen molar-refractivity contribution in [1.29, 1.82) is 0 Å². The number of amides is 2. The topological polar surface area (TPSA) is 40.6 Å². The minimum Gasteiger partial charge on any atom is -0.313 e. The molecular formula is C21H25ClN2O2. The van der Waals surface area contributed by atoms with Crippen LogP contribution in [0.3, 0.4) is 0 Å². The molecule has 0 aliphatic rings. The van der Waals surface area contributed by atoms with E-state index in [0.29, 0.717) is 18.1 Å². The minimum atomic E-state index is -0.0955. The molecule has 0 aliphatic carbocycles. The van der Waals surface area contributed by atoms with Crippen LogP contribution in [0, 0.1) is 13.8 Å². The van der Waals surface area contributed by atoms with E-state index in [4.69, 9.17) is 11.6 Å². The second-order valence-electron chi connectivity index (χ2n) is 6.33. The average molecular weight is 373 g/mol. The van der Waals surface area contributed by atoms with Gasteiger partial charge in [0, 0.05) is 42.8 Å². The molecule has 26 heavy (non-hydrogen) atoms. The lowest BCUT2D eigenvalue weighted by molar-refractivity contribution is -0.118. The molecule has 2 aromatic carbocycles. The summed E-state index contributed by atoms with van der Waals surface area (Å²) in [7, 11) is 0. The number of hydrogen-bond donors (Lipinski definition) is 0. The first kappa shape index (κ1) is 20.0. The summed E-state index contributed by atoms with van der Waals surface area (Å²) in [6.45, 7) is 8.29. The molecule has 2 aromatic rings. The third-order valence-electron chi connectivity index (χ3n) is 4.31. The van der Waals surface area contributed by atoms with Crippen LogP contribution < -0.4 is 9.80 Å². The van der Waals surface area contributed by atoms with Crippen molar-refractivity contribution in [2.75, 3.05) is 22.9 Å². The molecule has 0 fully saturated rings. The SMILES string of the molecule is CCN(C(=O)CCN(C(C)=O)c1ccc(Cl)cc1C)c1cccc(C)c1. The van der Waals surface area contributed by atoms with Gasteiger partial charge in [-0.25, -0.2) is 0 Å². The fraction of sp³-hybridized carbons (Fsp3) is 0.333. The molecule has 0 unspecified atom stereocenters. The van der Waals surface area contributed by atoms with Gasteiger partial charge in [0.05, 0.1) is 0 Å². The second kappa shape index (κ2) is 8.86. The van der Waals surface area contributed by atoms with Gasteiger partial charge in [-0.15, -0.1) is 0 Å². The van der Waals surface area contributed by atoms with Crippen LogP contribution in [0.15, 0.2) is 42.5 Å². The number of anilines is 2. The number of nitrogens with zero attached hydrogens (tertiary/aromatic N) is 2. The van der Waals surface area contributed by atoms with Crippen LogP contribution >= 0.6 is 11.6 Å². The van der Waals surface area contributed by atoms with Crippen molar-refractivity contribution >= 4 is 34.8 Å². The fourth-order valence-corrected chi connectivity index (χ4v) is 3.24. The number of benzene rings is 2. The molecule has 138 valence electrons. The van der Waals surface area contributed by atoms with Crippen LogP contribution in [-0.4, -0.2) is 24.9 Å². The van der Waals surface area contributed by atoms with Gasteiger partial charge in [0.1, 0.15) is 0 Å². The zero-order chi connectivity index (χ0) is 19.3. The quantitative estimate of drug-likeness (QED) is 0.733. The van der Waals surface area contributed by atoms with Crippen molar-refractivity contribution in [1.82, 2.24) is 0 Å². The van der Waals surface area contributed by atoms with E-state index < -0.39 is 0 Å². The van der Waals surface area contributed by atoms with Crippen LogP contribution in [0.2, 0.25) is 5.02 Å². The second-order valence-corrected chi connectivity index (χ2v) is 6.76. The van der Waals surface area contributed by atoms with Gasteiger partial charge in [0.25, 0.3) is 0 Å². The summed E-state index contributed by atoms with van der Waals surface area (Å²) in [4.78, 5) is 28.2. The maximum Gasteiger partial charge on any atom is 0.228 e. The van der Waals surface area contributed by atoms with Gasteiger partial charge in [-0.2, -0.15) is 0 Å². The maximum absolute atomic E-state index is 12.8. The summed E-state index contributed by atoms with van der Waals surface area (Å²) in [6, 6.07) is 13.3. The fourth-order valence-electron chi connectivity index (χ4n) is 3.01. The molecule has 0 saturated carbocycles. The Morgan fingerprint density at radius 3 is 2.35 bits per heavy atom. The number of hydrogen-bond acceptors (Lipinski definition) is 2. The summed E-state index contributed by atoms with van der Waals surface area (Å²) in [5.74, 6) is -0.0993. The van der Waals surface area contributed by atoms with E-state index in [-0.39, 0.29) is 18.2 Å². The molecule has 0 spiro atoms. The highest BCUT2D eigenvalue weighted by atomic mass is 35.5. The summed E-state index contributed by atoms with van der Waals surface area (Å²) in [5, 5.41) is 0.627. The summed E-state index contributed by atoms with van der Waals surface area (Å²) in [6.07, 6.45) is 0.253. The number of rotatable bonds is 6. The largest absolute Gasteiger partial charge is 0.313 e. The maximum atomic E-state index is 12.8. The van der Waals surface area contributed by atoms with Gasteiger partial charge >= 0.3 is 0 Å². The predicted molar refractivity (Wildman–Crippen MR) is 108 cm³/mol. The van der Waals surface area contributed by atoms with E-state index in [9.17, 15) is 9.59 Å². The van der Waals surface area contributed by atoms with Crippen LogP contribution in [0.25, 0.3) is 0 Å². The average Bonchev–Trinajstić information content (AvgIpc) is 2.57. The third kappa shape index (κ3) is 4.85. The molecule has 0 saturated heterocycles. The van der Waals surface area contributed by atoms with Gasteiger partial charge in [-0.3, -0.25) is 9.59 Å². The Hall–Kier alpha value is -2.33. The van der Waals surface area contributed by atoms with Crippen LogP contribution in [0.1, 0.15) is 31.4 Å². The van der Waals surface area contributed by atoms with Crippen molar-refractivity contribution in [3.63, 3.8) is 0 Å². The van der Waals surface area contributed by atoms with Gasteiger partial charge in [0.2, 0.25) is 11.8 Å². The Kier molecular flexibility index (Phi) is 6.81. The van der Waals surface area contributed by atoms with Gasteiger partial charge in [-0.1, -0.05) is 23.7 Å². The van der Waals surface area contributed by atoms with E-state index in [1.807, 2.05) is 57.2 Å². The molecule has 0 aromatic heterocycles. The van der Waals surface area contributed by atoms with Crippen LogP contribution in [0.5, 0.6) is 0 Å². The molecular weight excluding hydrogens is 348 g/mol. The molecule has 5 heteroatoms. The first-order valence-corrected chi connectivity index (χ1v) is 9.12. The lowest BCUT2D eigenvalue weighted by Crippen LogP contribution is -2.36. The standard InChI is InChI=1S/C21H25ClN2O2/c1-5-23(19-8-6-7-15(2)13-19)21(26)11-12-24(17(4)25)20-10-9-18(22)14-16(20)3/h6-10,13-14H,5,11-12H2,1-4H3. The predicted octanol–water partition coefficient (Wildman–Crippen LogP) is 4.75. The number of carbonyl (C=O) groups is 2. The highest BCUT2D eigenvalue weighted by molar-refractivity contribution is 6.30. The van der Waals surface area contributed by atoms with Crippen molar-refractivity contribution < 1.29 is 9.59 Å². The number of carbonyl (C=O) groups excluding carboxylic acids is 2. The van der Waals surface area contributed by atoms with Gasteiger partial charge in [-0.05, 0) is 62.2 Å². The Morgan fingerprint density at radius 2 is 1.77 bits per heavy atom. The Balaban J connectivity index is 2.15. The first-order valence-electron chi connectivity index (χ1n) is 8.74. The Labute approximate surface area is 160 Å². The molecule has 4 nitrogen and oxygen atoms in total. The zero-order valence-corrected chi connectivity index (χ0v) is 16.5. The van der Waals surface area contributed by atoms with E-state index in [1.54, 1.807) is 15.9 Å². The highest BCUT2D eigenvalue weighted by Crippen LogP contribution is 2.24. The van der Waals surface area contributed by atoms with Crippen molar-refractivity contribution in [3.05, 3.63) is 58.6 Å². The summed E-state index contributed by atoms with van der Waals surface area (Å²) >= 11 is 6.01. The minimum absolute atomic E-state index is 0.00373. The van der Waals surface area contributed by atoms with Crippen molar-refractivity contribution in [2.24, 2.45) is 0 Å². The number of aryl methyl sites for hydroxylation is 2. The molecule has 0 aliphatic heterocycles. The lowest BCUT2D eigenvalue weighted by Gasteiger charge is -2.26. The molecule has 2 amide bonds. The molecule has 0 bridgehead atoms. The monoisotopic (exact) mass is 372 g/mol. The highest BCUT2D eigenvalue weighted by Gasteiger charge is 2.19. The molecule has 0 heterocycles. The normalized spacial score (nSPS) is 10.5. The summed E-state index contributed by atoms with van der Waals surface area (Å²) in [5.41, 5.74) is 3.69. The number of halogens is 1. The molecule has 0 N–H and O–H groups in total. The van der Waals surface area contributed by atoms with Crippen LogP contribution in [-0.2, 0) is 9.59 Å². The van der Waals surface area contributed by atoms with Crippen molar-refractivity contribution in [2.45, 2.75) is 34.1 Å². The summed E-state index contributed by atoms with van der Waals surface area (Å²) < 4.78 is 0. The smallest absolute Gasteiger partial charge is 0.228 e. The lowest BCUT2D eigenvalue weighted by atomic mass is 10.1. The zero-order valence-electron chi connectivity index (χ0n) is 15.8. The molecule has 0 radical (unpaired) electrons.